The van der Waals surface area contributed by atoms with E-state index in [2.05, 4.69) is 0 Å². The third-order valence-electron chi connectivity index (χ3n) is 5.52. The molecule has 0 spiro atoms. The van der Waals surface area contributed by atoms with E-state index in [0.29, 0.717) is 32.8 Å². The van der Waals surface area contributed by atoms with Gasteiger partial charge in [-0.05, 0) is 16.7 Å². The van der Waals surface area contributed by atoms with Gasteiger partial charge in [0.2, 0.25) is 0 Å². The Balaban J connectivity index is 1.36. The summed E-state index contributed by atoms with van der Waals surface area (Å²) in [4.78, 5) is 0. The molecule has 1 heterocycles. The quantitative estimate of drug-likeness (QED) is 0.510. The highest BCUT2D eigenvalue weighted by molar-refractivity contribution is 5.15. The molecule has 4 rings (SSSR count). The third-order valence-corrected chi connectivity index (χ3v) is 5.52. The maximum Gasteiger partial charge on any atom is 0.181 e. The van der Waals surface area contributed by atoms with Crippen LogP contribution in [0.3, 0.4) is 0 Å². The molecule has 0 aromatic heterocycles. The highest BCUT2D eigenvalue weighted by atomic mass is 16.7. The van der Waals surface area contributed by atoms with E-state index >= 15 is 0 Å². The standard InChI is InChI=1S/C27H30O5/c28-27-25(31-19-23-14-8-3-9-15-23)16-24(30-18-22-12-6-2-7-13-22)26(32-27)20-29-17-21-10-4-1-5-11-21/h1-15,24-28H,16-20H2/t24-,25+,26+,27+/m0/s1. The Morgan fingerprint density at radius 2 is 1.12 bits per heavy atom. The normalized spacial score (nSPS) is 23.2. The molecule has 5 heteroatoms. The number of benzene rings is 3. The van der Waals surface area contributed by atoms with E-state index in [1.54, 1.807) is 0 Å². The maximum absolute atomic E-state index is 10.6. The molecule has 4 atom stereocenters. The van der Waals surface area contributed by atoms with Crippen molar-refractivity contribution in [3.05, 3.63) is 108 Å². The van der Waals surface area contributed by atoms with Crippen LogP contribution in [0.2, 0.25) is 0 Å². The lowest BCUT2D eigenvalue weighted by Gasteiger charge is -2.39. The number of rotatable bonds is 10. The van der Waals surface area contributed by atoms with E-state index in [9.17, 15) is 5.11 Å². The Labute approximate surface area is 189 Å². The number of hydrogen-bond acceptors (Lipinski definition) is 5. The molecule has 0 radical (unpaired) electrons. The third kappa shape index (κ3) is 6.73. The van der Waals surface area contributed by atoms with Crippen molar-refractivity contribution in [2.75, 3.05) is 6.61 Å². The molecule has 5 nitrogen and oxygen atoms in total. The largest absolute Gasteiger partial charge is 0.374 e. The molecular weight excluding hydrogens is 404 g/mol. The molecule has 0 amide bonds. The summed E-state index contributed by atoms with van der Waals surface area (Å²) < 4.78 is 24.0. The highest BCUT2D eigenvalue weighted by Gasteiger charge is 2.38. The van der Waals surface area contributed by atoms with Crippen LogP contribution in [-0.4, -0.2) is 36.3 Å². The molecule has 0 unspecified atom stereocenters. The van der Waals surface area contributed by atoms with Gasteiger partial charge >= 0.3 is 0 Å². The van der Waals surface area contributed by atoms with E-state index in [0.717, 1.165) is 16.7 Å². The van der Waals surface area contributed by atoms with Gasteiger partial charge in [0.1, 0.15) is 12.2 Å². The molecule has 32 heavy (non-hydrogen) atoms. The first kappa shape index (κ1) is 22.6. The van der Waals surface area contributed by atoms with Crippen molar-refractivity contribution in [3.63, 3.8) is 0 Å². The topological polar surface area (TPSA) is 57.2 Å². The van der Waals surface area contributed by atoms with Gasteiger partial charge in [-0.25, -0.2) is 0 Å². The van der Waals surface area contributed by atoms with Crippen molar-refractivity contribution >= 4 is 0 Å². The molecular formula is C27H30O5. The van der Waals surface area contributed by atoms with Crippen LogP contribution < -0.4 is 0 Å². The average Bonchev–Trinajstić information content (AvgIpc) is 2.85. The van der Waals surface area contributed by atoms with Crippen LogP contribution in [0, 0.1) is 0 Å². The van der Waals surface area contributed by atoms with Crippen LogP contribution >= 0.6 is 0 Å². The molecule has 0 saturated carbocycles. The predicted molar refractivity (Wildman–Crippen MR) is 122 cm³/mol. The predicted octanol–water partition coefficient (Wildman–Crippen LogP) is 4.48. The minimum atomic E-state index is -1.03. The fraction of sp³-hybridized carbons (Fsp3) is 0.333. The van der Waals surface area contributed by atoms with Gasteiger partial charge in [-0.3, -0.25) is 0 Å². The zero-order valence-corrected chi connectivity index (χ0v) is 18.1. The second-order valence-corrected chi connectivity index (χ2v) is 7.97. The summed E-state index contributed by atoms with van der Waals surface area (Å²) in [6.45, 7) is 1.69. The first-order valence-corrected chi connectivity index (χ1v) is 11.0. The van der Waals surface area contributed by atoms with E-state index in [1.807, 2.05) is 91.0 Å². The van der Waals surface area contributed by atoms with Gasteiger partial charge in [0.05, 0.1) is 32.5 Å². The van der Waals surface area contributed by atoms with Crippen LogP contribution in [0.25, 0.3) is 0 Å². The summed E-state index contributed by atoms with van der Waals surface area (Å²) in [5.41, 5.74) is 3.23. The monoisotopic (exact) mass is 434 g/mol. The van der Waals surface area contributed by atoms with Gasteiger partial charge in [0.25, 0.3) is 0 Å². The zero-order chi connectivity index (χ0) is 22.0. The molecule has 1 aliphatic rings. The highest BCUT2D eigenvalue weighted by Crippen LogP contribution is 2.26. The second-order valence-electron chi connectivity index (χ2n) is 7.97. The molecule has 1 fully saturated rings. The van der Waals surface area contributed by atoms with E-state index in [-0.39, 0.29) is 12.2 Å². The lowest BCUT2D eigenvalue weighted by atomic mass is 10.0. The van der Waals surface area contributed by atoms with Crippen molar-refractivity contribution in [1.82, 2.24) is 0 Å². The van der Waals surface area contributed by atoms with Crippen LogP contribution in [0.5, 0.6) is 0 Å². The van der Waals surface area contributed by atoms with Gasteiger partial charge in [0, 0.05) is 6.42 Å². The molecule has 1 saturated heterocycles. The number of ether oxygens (including phenoxy) is 4. The molecule has 3 aromatic carbocycles. The van der Waals surface area contributed by atoms with Crippen molar-refractivity contribution in [1.29, 1.82) is 0 Å². The Hall–Kier alpha value is -2.54. The van der Waals surface area contributed by atoms with Crippen LogP contribution in [-0.2, 0) is 38.8 Å². The van der Waals surface area contributed by atoms with Crippen molar-refractivity contribution < 1.29 is 24.1 Å². The van der Waals surface area contributed by atoms with Gasteiger partial charge in [0.15, 0.2) is 6.29 Å². The average molecular weight is 435 g/mol. The molecule has 3 aromatic rings. The van der Waals surface area contributed by atoms with Crippen LogP contribution in [0.15, 0.2) is 91.0 Å². The van der Waals surface area contributed by atoms with Crippen LogP contribution in [0.4, 0.5) is 0 Å². The smallest absolute Gasteiger partial charge is 0.181 e. The SMILES string of the molecule is O[C@@H]1O[C@H](COCc2ccccc2)[C@@H](OCc2ccccc2)C[C@H]1OCc1ccccc1. The van der Waals surface area contributed by atoms with Gasteiger partial charge in [-0.2, -0.15) is 0 Å². The number of aliphatic hydroxyl groups is 1. The zero-order valence-electron chi connectivity index (χ0n) is 18.1. The first-order chi connectivity index (χ1) is 15.8. The molecule has 1 N–H and O–H groups in total. The molecule has 0 bridgehead atoms. The molecule has 1 aliphatic heterocycles. The molecule has 0 aliphatic carbocycles. The maximum atomic E-state index is 10.6. The number of hydrogen-bond donors (Lipinski definition) is 1. The fourth-order valence-corrected chi connectivity index (χ4v) is 3.75. The summed E-state index contributed by atoms with van der Waals surface area (Å²) in [5.74, 6) is 0. The summed E-state index contributed by atoms with van der Waals surface area (Å²) in [6, 6.07) is 29.9. The fourth-order valence-electron chi connectivity index (χ4n) is 3.75. The van der Waals surface area contributed by atoms with Crippen molar-refractivity contribution in [2.24, 2.45) is 0 Å². The van der Waals surface area contributed by atoms with Gasteiger partial charge < -0.3 is 24.1 Å². The van der Waals surface area contributed by atoms with Gasteiger partial charge in [-0.15, -0.1) is 0 Å². The van der Waals surface area contributed by atoms with E-state index < -0.39 is 12.4 Å². The second kappa shape index (κ2) is 11.9. The Morgan fingerprint density at radius 1 is 0.656 bits per heavy atom. The summed E-state index contributed by atoms with van der Waals surface area (Å²) in [6.07, 6.45) is -1.61. The van der Waals surface area contributed by atoms with Gasteiger partial charge in [-0.1, -0.05) is 91.0 Å². The number of aliphatic hydroxyl groups excluding tert-OH is 1. The summed E-state index contributed by atoms with van der Waals surface area (Å²) in [7, 11) is 0. The first-order valence-electron chi connectivity index (χ1n) is 11.0. The van der Waals surface area contributed by atoms with Crippen molar-refractivity contribution in [3.8, 4) is 0 Å². The summed E-state index contributed by atoms with van der Waals surface area (Å²) in [5, 5.41) is 10.6. The van der Waals surface area contributed by atoms with E-state index in [4.69, 9.17) is 18.9 Å². The van der Waals surface area contributed by atoms with E-state index in [1.165, 1.54) is 0 Å². The Morgan fingerprint density at radius 3 is 1.66 bits per heavy atom. The Kier molecular flexibility index (Phi) is 8.42. The lowest BCUT2D eigenvalue weighted by molar-refractivity contribution is -0.274. The minimum absolute atomic E-state index is 0.254. The Bertz CT molecular complexity index is 903. The summed E-state index contributed by atoms with van der Waals surface area (Å²) >= 11 is 0. The van der Waals surface area contributed by atoms with Crippen molar-refractivity contribution in [2.45, 2.75) is 50.8 Å². The minimum Gasteiger partial charge on any atom is -0.374 e. The van der Waals surface area contributed by atoms with Crippen LogP contribution in [0.1, 0.15) is 23.1 Å². The lowest BCUT2D eigenvalue weighted by Crippen LogP contribution is -2.50. The molecule has 168 valence electrons.